The number of nitrogens with zero attached hydrogens (tertiary/aromatic N) is 1. The van der Waals surface area contributed by atoms with E-state index in [9.17, 15) is 9.59 Å². The van der Waals surface area contributed by atoms with Crippen LogP contribution in [0.5, 0.6) is 0 Å². The predicted molar refractivity (Wildman–Crippen MR) is 73.3 cm³/mol. The van der Waals surface area contributed by atoms with Crippen LogP contribution < -0.4 is 5.32 Å². The number of carbonyl (C=O) groups is 2. The van der Waals surface area contributed by atoms with Gasteiger partial charge in [0.15, 0.2) is 5.95 Å². The molecule has 0 atom stereocenters. The zero-order valence-corrected chi connectivity index (χ0v) is 11.9. The molecule has 0 saturated carbocycles. The first-order valence-electron chi connectivity index (χ1n) is 6.68. The molecule has 7 heteroatoms. The fourth-order valence-corrected chi connectivity index (χ4v) is 1.55. The highest BCUT2D eigenvalue weighted by Gasteiger charge is 2.03. The normalized spacial score (nSPS) is 10.1. The Kier molecular flexibility index (Phi) is 7.16. The lowest BCUT2D eigenvalue weighted by molar-refractivity contribution is -0.143. The highest BCUT2D eigenvalue weighted by molar-refractivity contribution is 5.69. The van der Waals surface area contributed by atoms with E-state index in [1.54, 1.807) is 13.1 Å². The van der Waals surface area contributed by atoms with Crippen LogP contribution in [0.3, 0.4) is 0 Å². The first kappa shape index (κ1) is 16.0. The van der Waals surface area contributed by atoms with E-state index < -0.39 is 0 Å². The van der Waals surface area contributed by atoms with E-state index in [1.165, 1.54) is 6.92 Å². The third kappa shape index (κ3) is 6.77. The van der Waals surface area contributed by atoms with Crippen LogP contribution in [-0.2, 0) is 25.5 Å². The van der Waals surface area contributed by atoms with Gasteiger partial charge in [-0.3, -0.25) is 9.59 Å². The van der Waals surface area contributed by atoms with Crippen LogP contribution in [0.2, 0.25) is 0 Å². The second-order valence-electron chi connectivity index (χ2n) is 4.18. The number of esters is 2. The molecule has 1 aromatic heterocycles. The van der Waals surface area contributed by atoms with Gasteiger partial charge in [-0.25, -0.2) is 4.98 Å². The summed E-state index contributed by atoms with van der Waals surface area (Å²) >= 11 is 0. The summed E-state index contributed by atoms with van der Waals surface area (Å²) in [5.74, 6) is 0.171. The highest BCUT2D eigenvalue weighted by atomic mass is 16.5. The van der Waals surface area contributed by atoms with Gasteiger partial charge in [-0.1, -0.05) is 0 Å². The van der Waals surface area contributed by atoms with E-state index in [-0.39, 0.29) is 11.9 Å². The van der Waals surface area contributed by atoms with Crippen molar-refractivity contribution < 1.29 is 19.1 Å². The molecule has 0 saturated heterocycles. The fourth-order valence-electron chi connectivity index (χ4n) is 1.55. The van der Waals surface area contributed by atoms with E-state index in [4.69, 9.17) is 9.47 Å². The van der Waals surface area contributed by atoms with Gasteiger partial charge in [0.25, 0.3) is 0 Å². The summed E-state index contributed by atoms with van der Waals surface area (Å²) in [4.78, 5) is 28.9. The Bertz CT molecular complexity index is 431. The van der Waals surface area contributed by atoms with Crippen molar-refractivity contribution in [3.8, 4) is 0 Å². The van der Waals surface area contributed by atoms with E-state index in [2.05, 4.69) is 15.3 Å². The third-order valence-electron chi connectivity index (χ3n) is 2.46. The minimum atomic E-state index is -0.290. The van der Waals surface area contributed by atoms with Crippen LogP contribution in [0.15, 0.2) is 6.20 Å². The van der Waals surface area contributed by atoms with Crippen LogP contribution in [0.1, 0.15) is 32.4 Å². The zero-order chi connectivity index (χ0) is 14.8. The van der Waals surface area contributed by atoms with Crippen LogP contribution in [0, 0.1) is 0 Å². The van der Waals surface area contributed by atoms with Crippen molar-refractivity contribution >= 4 is 17.9 Å². The van der Waals surface area contributed by atoms with Gasteiger partial charge in [0.05, 0.1) is 19.4 Å². The van der Waals surface area contributed by atoms with Crippen LogP contribution in [0.25, 0.3) is 0 Å². The lowest BCUT2D eigenvalue weighted by Crippen LogP contribution is -2.09. The van der Waals surface area contributed by atoms with E-state index in [0.29, 0.717) is 45.0 Å². The van der Waals surface area contributed by atoms with Crippen molar-refractivity contribution in [2.45, 2.75) is 33.1 Å². The van der Waals surface area contributed by atoms with Crippen LogP contribution in [0.4, 0.5) is 5.95 Å². The van der Waals surface area contributed by atoms with Crippen molar-refractivity contribution in [3.63, 3.8) is 0 Å². The summed E-state index contributed by atoms with van der Waals surface area (Å²) in [7, 11) is 0. The maximum Gasteiger partial charge on any atom is 0.305 e. The van der Waals surface area contributed by atoms with Gasteiger partial charge >= 0.3 is 11.9 Å². The van der Waals surface area contributed by atoms with Gasteiger partial charge in [0.2, 0.25) is 0 Å². The molecule has 7 nitrogen and oxygen atoms in total. The molecule has 0 aliphatic rings. The maximum atomic E-state index is 11.1. The summed E-state index contributed by atoms with van der Waals surface area (Å²) in [6.07, 6.45) is 3.36. The number of hydrogen-bond acceptors (Lipinski definition) is 6. The number of anilines is 1. The SMILES string of the molecule is CCOC(=O)CCCNc1ncc(CCOC(C)=O)[nH]1. The average molecular weight is 283 g/mol. The predicted octanol–water partition coefficient (Wildman–Crippen LogP) is 1.27. The minimum absolute atomic E-state index is 0.184. The van der Waals surface area contributed by atoms with E-state index in [1.807, 2.05) is 0 Å². The molecule has 1 rings (SSSR count). The number of H-pyrrole nitrogens is 1. The van der Waals surface area contributed by atoms with Crippen molar-refractivity contribution in [1.82, 2.24) is 9.97 Å². The number of rotatable bonds is 9. The highest BCUT2D eigenvalue weighted by Crippen LogP contribution is 2.04. The maximum absolute atomic E-state index is 11.1. The second kappa shape index (κ2) is 8.95. The summed E-state index contributed by atoms with van der Waals surface area (Å²) in [5, 5.41) is 3.08. The molecule has 0 aliphatic heterocycles. The lowest BCUT2D eigenvalue weighted by Gasteiger charge is -2.03. The molecule has 20 heavy (non-hydrogen) atoms. The topological polar surface area (TPSA) is 93.3 Å². The fraction of sp³-hybridized carbons (Fsp3) is 0.615. The third-order valence-corrected chi connectivity index (χ3v) is 2.46. The monoisotopic (exact) mass is 283 g/mol. The molecule has 0 spiro atoms. The molecule has 112 valence electrons. The molecular weight excluding hydrogens is 262 g/mol. The van der Waals surface area contributed by atoms with E-state index in [0.717, 1.165) is 5.69 Å². The van der Waals surface area contributed by atoms with E-state index >= 15 is 0 Å². The Hall–Kier alpha value is -2.05. The Balaban J connectivity index is 2.17. The molecular formula is C13H21N3O4. The molecule has 0 bridgehead atoms. The molecule has 1 heterocycles. The lowest BCUT2D eigenvalue weighted by atomic mass is 10.3. The number of aromatic nitrogens is 2. The smallest absolute Gasteiger partial charge is 0.305 e. The van der Waals surface area contributed by atoms with Gasteiger partial charge in [0.1, 0.15) is 0 Å². The van der Waals surface area contributed by atoms with Gasteiger partial charge < -0.3 is 19.8 Å². The first-order chi connectivity index (χ1) is 9.61. The number of ether oxygens (including phenoxy) is 2. The molecule has 0 radical (unpaired) electrons. The van der Waals surface area contributed by atoms with Crippen LogP contribution in [-0.4, -0.2) is 41.7 Å². The molecule has 0 aromatic carbocycles. The van der Waals surface area contributed by atoms with Gasteiger partial charge in [-0.05, 0) is 13.3 Å². The molecule has 0 aliphatic carbocycles. The number of hydrogen-bond donors (Lipinski definition) is 2. The van der Waals surface area contributed by atoms with Crippen molar-refractivity contribution in [2.24, 2.45) is 0 Å². The first-order valence-corrected chi connectivity index (χ1v) is 6.68. The Morgan fingerprint density at radius 2 is 2.20 bits per heavy atom. The van der Waals surface area contributed by atoms with Gasteiger partial charge in [-0.2, -0.15) is 0 Å². The summed E-state index contributed by atoms with van der Waals surface area (Å²) in [5.41, 5.74) is 0.888. The Labute approximate surface area is 118 Å². The molecule has 0 fully saturated rings. The Morgan fingerprint density at radius 1 is 1.40 bits per heavy atom. The van der Waals surface area contributed by atoms with Crippen molar-refractivity contribution in [3.05, 3.63) is 11.9 Å². The second-order valence-corrected chi connectivity index (χ2v) is 4.18. The molecule has 0 unspecified atom stereocenters. The molecule has 2 N–H and O–H groups in total. The minimum Gasteiger partial charge on any atom is -0.466 e. The molecule has 1 aromatic rings. The quantitative estimate of drug-likeness (QED) is 0.523. The number of nitrogens with one attached hydrogen (secondary N) is 2. The summed E-state index contributed by atoms with van der Waals surface area (Å²) < 4.78 is 9.67. The molecule has 0 amide bonds. The number of aromatic amines is 1. The number of imidazole rings is 1. The van der Waals surface area contributed by atoms with Crippen molar-refractivity contribution in [2.75, 3.05) is 25.1 Å². The van der Waals surface area contributed by atoms with Crippen LogP contribution >= 0.6 is 0 Å². The largest absolute Gasteiger partial charge is 0.466 e. The standard InChI is InChI=1S/C13H21N3O4/c1-3-19-12(18)5-4-7-14-13-15-9-11(16-13)6-8-20-10(2)17/h9H,3-8H2,1-2H3,(H2,14,15,16). The zero-order valence-electron chi connectivity index (χ0n) is 11.9. The summed E-state index contributed by atoms with van der Waals surface area (Å²) in [6, 6.07) is 0. The van der Waals surface area contributed by atoms with Gasteiger partial charge in [0, 0.05) is 32.0 Å². The summed E-state index contributed by atoms with van der Waals surface area (Å²) in [6.45, 7) is 4.55. The average Bonchev–Trinajstić information content (AvgIpc) is 2.82. The van der Waals surface area contributed by atoms with Crippen molar-refractivity contribution in [1.29, 1.82) is 0 Å². The van der Waals surface area contributed by atoms with Gasteiger partial charge in [-0.15, -0.1) is 0 Å². The number of carbonyl (C=O) groups excluding carboxylic acids is 2. The Morgan fingerprint density at radius 3 is 2.90 bits per heavy atom.